The van der Waals surface area contributed by atoms with E-state index in [4.69, 9.17) is 10.2 Å². The summed E-state index contributed by atoms with van der Waals surface area (Å²) in [7, 11) is 0. The van der Waals surface area contributed by atoms with Crippen LogP contribution in [0.4, 0.5) is 0 Å². The van der Waals surface area contributed by atoms with Gasteiger partial charge in [0.2, 0.25) is 0 Å². The number of hydrogen-bond donors (Lipinski definition) is 1. The van der Waals surface area contributed by atoms with Gasteiger partial charge in [-0.2, -0.15) is 0 Å². The molecule has 1 aromatic carbocycles. The second kappa shape index (κ2) is 4.94. The standard InChI is InChI=1S/C15H19NO2/c1-4-12(16)7-11-8-18-13-6-9(2)5-10(3)14(13)15(11)17/h5-6,8,12H,4,7,16H2,1-3H3. The van der Waals surface area contributed by atoms with Crippen molar-refractivity contribution in [2.75, 3.05) is 0 Å². The van der Waals surface area contributed by atoms with Crippen molar-refractivity contribution in [1.29, 1.82) is 0 Å². The number of fused-ring (bicyclic) bond motifs is 1. The van der Waals surface area contributed by atoms with E-state index in [2.05, 4.69) is 0 Å². The van der Waals surface area contributed by atoms with Crippen molar-refractivity contribution in [2.45, 2.75) is 39.7 Å². The van der Waals surface area contributed by atoms with Crippen LogP contribution in [0.3, 0.4) is 0 Å². The van der Waals surface area contributed by atoms with Gasteiger partial charge in [-0.15, -0.1) is 0 Å². The summed E-state index contributed by atoms with van der Waals surface area (Å²) in [5.74, 6) is 0. The molecule has 1 heterocycles. The van der Waals surface area contributed by atoms with E-state index in [-0.39, 0.29) is 11.5 Å². The molecule has 1 atom stereocenters. The fourth-order valence-electron chi connectivity index (χ4n) is 2.23. The van der Waals surface area contributed by atoms with Crippen LogP contribution in [0, 0.1) is 13.8 Å². The number of aryl methyl sites for hydroxylation is 2. The molecule has 96 valence electrons. The topological polar surface area (TPSA) is 56.2 Å². The molecule has 0 saturated carbocycles. The summed E-state index contributed by atoms with van der Waals surface area (Å²) in [5, 5.41) is 0.682. The number of benzene rings is 1. The predicted octanol–water partition coefficient (Wildman–Crippen LogP) is 2.69. The summed E-state index contributed by atoms with van der Waals surface area (Å²) in [6.07, 6.45) is 2.98. The van der Waals surface area contributed by atoms with Crippen LogP contribution >= 0.6 is 0 Å². The van der Waals surface area contributed by atoms with Crippen molar-refractivity contribution in [3.63, 3.8) is 0 Å². The average Bonchev–Trinajstić information content (AvgIpc) is 2.31. The summed E-state index contributed by atoms with van der Waals surface area (Å²) < 4.78 is 5.58. The van der Waals surface area contributed by atoms with Crippen LogP contribution < -0.4 is 11.2 Å². The molecule has 0 amide bonds. The minimum atomic E-state index is 0.0103. The van der Waals surface area contributed by atoms with Crippen LogP contribution in [0.2, 0.25) is 0 Å². The molecule has 1 aromatic heterocycles. The van der Waals surface area contributed by atoms with Gasteiger partial charge in [0.25, 0.3) is 0 Å². The minimum Gasteiger partial charge on any atom is -0.464 e. The van der Waals surface area contributed by atoms with Gasteiger partial charge < -0.3 is 10.2 Å². The Morgan fingerprint density at radius 3 is 2.72 bits per heavy atom. The van der Waals surface area contributed by atoms with Crippen LogP contribution in [-0.2, 0) is 6.42 Å². The lowest BCUT2D eigenvalue weighted by Gasteiger charge is -2.09. The molecule has 0 aliphatic carbocycles. The lowest BCUT2D eigenvalue weighted by Crippen LogP contribution is -2.25. The third-order valence-corrected chi connectivity index (χ3v) is 3.30. The summed E-state index contributed by atoms with van der Waals surface area (Å²) >= 11 is 0. The zero-order valence-corrected chi connectivity index (χ0v) is 11.1. The van der Waals surface area contributed by atoms with E-state index in [0.29, 0.717) is 23.0 Å². The first-order valence-corrected chi connectivity index (χ1v) is 6.30. The Hall–Kier alpha value is -1.61. The van der Waals surface area contributed by atoms with Crippen LogP contribution in [0.15, 0.2) is 27.6 Å². The Balaban J connectivity index is 2.61. The van der Waals surface area contributed by atoms with Crippen molar-refractivity contribution in [3.8, 4) is 0 Å². The van der Waals surface area contributed by atoms with Crippen LogP contribution in [-0.4, -0.2) is 6.04 Å². The smallest absolute Gasteiger partial charge is 0.196 e. The highest BCUT2D eigenvalue weighted by atomic mass is 16.3. The van der Waals surface area contributed by atoms with Crippen molar-refractivity contribution >= 4 is 11.0 Å². The first-order valence-electron chi connectivity index (χ1n) is 6.30. The molecule has 3 nitrogen and oxygen atoms in total. The average molecular weight is 245 g/mol. The third-order valence-electron chi connectivity index (χ3n) is 3.30. The number of nitrogens with two attached hydrogens (primary N) is 1. The second-order valence-electron chi connectivity index (χ2n) is 4.92. The molecular weight excluding hydrogens is 226 g/mol. The Bertz CT molecular complexity index is 628. The van der Waals surface area contributed by atoms with E-state index < -0.39 is 0 Å². The monoisotopic (exact) mass is 245 g/mol. The highest BCUT2D eigenvalue weighted by Gasteiger charge is 2.12. The van der Waals surface area contributed by atoms with Gasteiger partial charge in [0.15, 0.2) is 5.43 Å². The molecule has 0 spiro atoms. The molecule has 3 heteroatoms. The zero-order chi connectivity index (χ0) is 13.3. The molecule has 0 fully saturated rings. The SMILES string of the molecule is CCC(N)Cc1coc2cc(C)cc(C)c2c1=O. The van der Waals surface area contributed by atoms with E-state index in [1.54, 1.807) is 6.26 Å². The van der Waals surface area contributed by atoms with E-state index in [1.165, 1.54) is 0 Å². The largest absolute Gasteiger partial charge is 0.464 e. The van der Waals surface area contributed by atoms with Gasteiger partial charge in [-0.3, -0.25) is 4.79 Å². The van der Waals surface area contributed by atoms with Gasteiger partial charge in [0.1, 0.15) is 5.58 Å². The molecule has 0 saturated heterocycles. The lowest BCUT2D eigenvalue weighted by atomic mass is 10.0. The summed E-state index contributed by atoms with van der Waals surface area (Å²) in [5.41, 5.74) is 9.34. The fraction of sp³-hybridized carbons (Fsp3) is 0.400. The molecule has 18 heavy (non-hydrogen) atoms. The summed E-state index contributed by atoms with van der Waals surface area (Å²) in [6.45, 7) is 5.95. The maximum atomic E-state index is 12.4. The normalized spacial score (nSPS) is 12.9. The van der Waals surface area contributed by atoms with E-state index >= 15 is 0 Å². The zero-order valence-electron chi connectivity index (χ0n) is 11.1. The highest BCUT2D eigenvalue weighted by Crippen LogP contribution is 2.18. The Morgan fingerprint density at radius 2 is 2.06 bits per heavy atom. The van der Waals surface area contributed by atoms with Gasteiger partial charge in [-0.25, -0.2) is 0 Å². The van der Waals surface area contributed by atoms with Crippen LogP contribution in [0.25, 0.3) is 11.0 Å². The predicted molar refractivity (Wildman–Crippen MR) is 73.9 cm³/mol. The molecule has 0 bridgehead atoms. The molecular formula is C15H19NO2. The molecule has 0 aliphatic rings. The molecule has 2 aromatic rings. The molecule has 0 radical (unpaired) electrons. The molecule has 1 unspecified atom stereocenters. The first kappa shape index (κ1) is 12.8. The molecule has 2 N–H and O–H groups in total. The van der Waals surface area contributed by atoms with Crippen LogP contribution in [0.5, 0.6) is 0 Å². The Morgan fingerprint density at radius 1 is 1.33 bits per heavy atom. The Labute approximate surface area is 107 Å². The van der Waals surface area contributed by atoms with E-state index in [0.717, 1.165) is 17.5 Å². The summed E-state index contributed by atoms with van der Waals surface area (Å²) in [6, 6.07) is 3.91. The number of hydrogen-bond acceptors (Lipinski definition) is 3. The quantitative estimate of drug-likeness (QED) is 0.904. The lowest BCUT2D eigenvalue weighted by molar-refractivity contribution is 0.574. The van der Waals surface area contributed by atoms with E-state index in [1.807, 2.05) is 32.9 Å². The maximum Gasteiger partial charge on any atom is 0.196 e. The van der Waals surface area contributed by atoms with Gasteiger partial charge in [-0.1, -0.05) is 13.0 Å². The third kappa shape index (κ3) is 2.31. The second-order valence-corrected chi connectivity index (χ2v) is 4.92. The number of rotatable bonds is 3. The molecule has 0 aliphatic heterocycles. The van der Waals surface area contributed by atoms with Gasteiger partial charge >= 0.3 is 0 Å². The fourth-order valence-corrected chi connectivity index (χ4v) is 2.23. The van der Waals surface area contributed by atoms with Crippen LogP contribution in [0.1, 0.15) is 30.0 Å². The van der Waals surface area contributed by atoms with Crippen molar-refractivity contribution in [2.24, 2.45) is 5.73 Å². The highest BCUT2D eigenvalue weighted by molar-refractivity contribution is 5.81. The van der Waals surface area contributed by atoms with Gasteiger partial charge in [0, 0.05) is 11.6 Å². The van der Waals surface area contributed by atoms with Gasteiger partial charge in [0.05, 0.1) is 11.6 Å². The van der Waals surface area contributed by atoms with Crippen molar-refractivity contribution < 1.29 is 4.42 Å². The van der Waals surface area contributed by atoms with Crippen molar-refractivity contribution in [1.82, 2.24) is 0 Å². The van der Waals surface area contributed by atoms with Gasteiger partial charge in [-0.05, 0) is 43.9 Å². The molecule has 2 rings (SSSR count). The first-order chi connectivity index (χ1) is 8.52. The Kier molecular flexibility index (Phi) is 3.53. The summed E-state index contributed by atoms with van der Waals surface area (Å²) in [4.78, 5) is 12.4. The van der Waals surface area contributed by atoms with E-state index in [9.17, 15) is 4.79 Å². The van der Waals surface area contributed by atoms with Crippen molar-refractivity contribution in [3.05, 3.63) is 45.3 Å². The maximum absolute atomic E-state index is 12.4. The minimum absolute atomic E-state index is 0.0103.